The average Bonchev–Trinajstić information content (AvgIpc) is 2.36. The number of aryl methyl sites for hydroxylation is 1. The molecule has 0 atom stereocenters. The lowest BCUT2D eigenvalue weighted by molar-refractivity contribution is 0.112. The second kappa shape index (κ2) is 5.55. The standard InChI is InChI=1S/C14H10BrClO2/c1-9-6-11(3-4-13(9)16)18-14-5-2-10(8-17)7-12(14)15/h2-8H,1H3. The Balaban J connectivity index is 2.28. The molecule has 0 spiro atoms. The summed E-state index contributed by atoms with van der Waals surface area (Å²) < 4.78 is 6.46. The maximum atomic E-state index is 10.6. The van der Waals surface area contributed by atoms with Gasteiger partial charge in [0.25, 0.3) is 0 Å². The SMILES string of the molecule is Cc1cc(Oc2ccc(C=O)cc2Br)ccc1Cl. The molecule has 2 rings (SSSR count). The molecule has 2 aromatic carbocycles. The van der Waals surface area contributed by atoms with Crippen molar-refractivity contribution >= 4 is 33.8 Å². The van der Waals surface area contributed by atoms with Crippen LogP contribution in [-0.2, 0) is 0 Å². The second-order valence-corrected chi connectivity index (χ2v) is 5.08. The second-order valence-electron chi connectivity index (χ2n) is 3.82. The summed E-state index contributed by atoms with van der Waals surface area (Å²) in [6.45, 7) is 1.92. The Kier molecular flexibility index (Phi) is 4.04. The van der Waals surface area contributed by atoms with Crippen molar-refractivity contribution in [3.63, 3.8) is 0 Å². The van der Waals surface area contributed by atoms with Crippen molar-refractivity contribution in [2.45, 2.75) is 6.92 Å². The molecule has 4 heteroatoms. The Hall–Kier alpha value is -1.32. The molecule has 0 aliphatic rings. The summed E-state index contributed by atoms with van der Waals surface area (Å²) in [5, 5.41) is 0.706. The van der Waals surface area contributed by atoms with Gasteiger partial charge in [-0.15, -0.1) is 0 Å². The third-order valence-electron chi connectivity index (χ3n) is 2.45. The maximum Gasteiger partial charge on any atom is 0.150 e. The van der Waals surface area contributed by atoms with Crippen LogP contribution in [0.2, 0.25) is 5.02 Å². The Morgan fingerprint density at radius 2 is 2.00 bits per heavy atom. The molecule has 0 saturated carbocycles. The molecule has 2 nitrogen and oxygen atoms in total. The van der Waals surface area contributed by atoms with Crippen molar-refractivity contribution in [1.29, 1.82) is 0 Å². The van der Waals surface area contributed by atoms with E-state index < -0.39 is 0 Å². The molecule has 92 valence electrons. The fourth-order valence-corrected chi connectivity index (χ4v) is 2.08. The van der Waals surface area contributed by atoms with Crippen molar-refractivity contribution in [2.24, 2.45) is 0 Å². The van der Waals surface area contributed by atoms with E-state index in [0.717, 1.165) is 16.3 Å². The highest BCUT2D eigenvalue weighted by atomic mass is 79.9. The first-order valence-electron chi connectivity index (χ1n) is 5.29. The monoisotopic (exact) mass is 324 g/mol. The van der Waals surface area contributed by atoms with Gasteiger partial charge in [0.15, 0.2) is 0 Å². The van der Waals surface area contributed by atoms with Crippen molar-refractivity contribution in [3.05, 3.63) is 57.0 Å². The van der Waals surface area contributed by atoms with Gasteiger partial charge in [0, 0.05) is 10.6 Å². The van der Waals surface area contributed by atoms with E-state index in [-0.39, 0.29) is 0 Å². The molecule has 18 heavy (non-hydrogen) atoms. The van der Waals surface area contributed by atoms with Gasteiger partial charge in [-0.05, 0) is 64.8 Å². The molecule has 0 aliphatic heterocycles. The van der Waals surface area contributed by atoms with Crippen LogP contribution >= 0.6 is 27.5 Å². The highest BCUT2D eigenvalue weighted by molar-refractivity contribution is 9.10. The van der Waals surface area contributed by atoms with E-state index in [9.17, 15) is 4.79 Å². The molecular weight excluding hydrogens is 316 g/mol. The van der Waals surface area contributed by atoms with Gasteiger partial charge in [0.2, 0.25) is 0 Å². The predicted molar refractivity (Wildman–Crippen MR) is 75.8 cm³/mol. The van der Waals surface area contributed by atoms with Crippen LogP contribution in [0.1, 0.15) is 15.9 Å². The van der Waals surface area contributed by atoms with E-state index in [0.29, 0.717) is 22.1 Å². The van der Waals surface area contributed by atoms with Crippen LogP contribution in [0.4, 0.5) is 0 Å². The van der Waals surface area contributed by atoms with Crippen LogP contribution < -0.4 is 4.74 Å². The number of hydrogen-bond acceptors (Lipinski definition) is 2. The zero-order valence-corrected chi connectivity index (χ0v) is 12.0. The average molecular weight is 326 g/mol. The van der Waals surface area contributed by atoms with Crippen LogP contribution in [0, 0.1) is 6.92 Å². The van der Waals surface area contributed by atoms with Crippen molar-refractivity contribution in [2.75, 3.05) is 0 Å². The minimum absolute atomic E-state index is 0.599. The third-order valence-corrected chi connectivity index (χ3v) is 3.49. The summed E-state index contributed by atoms with van der Waals surface area (Å²) in [6, 6.07) is 10.6. The molecule has 0 fully saturated rings. The minimum Gasteiger partial charge on any atom is -0.456 e. The third kappa shape index (κ3) is 2.92. The molecule has 0 aliphatic carbocycles. The van der Waals surface area contributed by atoms with E-state index in [1.54, 1.807) is 30.3 Å². The number of rotatable bonds is 3. The molecule has 0 saturated heterocycles. The molecular formula is C14H10BrClO2. The van der Waals surface area contributed by atoms with Gasteiger partial charge < -0.3 is 4.74 Å². The highest BCUT2D eigenvalue weighted by Gasteiger charge is 2.05. The summed E-state index contributed by atoms with van der Waals surface area (Å²) in [5.74, 6) is 1.36. The van der Waals surface area contributed by atoms with E-state index in [1.807, 2.05) is 13.0 Å². The van der Waals surface area contributed by atoms with Crippen molar-refractivity contribution < 1.29 is 9.53 Å². The number of ether oxygens (including phenoxy) is 1. The van der Waals surface area contributed by atoms with Crippen LogP contribution in [0.25, 0.3) is 0 Å². The minimum atomic E-state index is 0.599. The van der Waals surface area contributed by atoms with E-state index in [4.69, 9.17) is 16.3 Å². The Bertz CT molecular complexity index is 596. The predicted octanol–water partition coefficient (Wildman–Crippen LogP) is 5.02. The van der Waals surface area contributed by atoms with Gasteiger partial charge in [-0.1, -0.05) is 11.6 Å². The molecule has 0 heterocycles. The summed E-state index contributed by atoms with van der Waals surface area (Å²) in [4.78, 5) is 10.6. The van der Waals surface area contributed by atoms with Crippen LogP contribution in [-0.4, -0.2) is 6.29 Å². The van der Waals surface area contributed by atoms with E-state index in [2.05, 4.69) is 15.9 Å². The molecule has 0 radical (unpaired) electrons. The lowest BCUT2D eigenvalue weighted by Gasteiger charge is -2.09. The van der Waals surface area contributed by atoms with Gasteiger partial charge in [-0.2, -0.15) is 0 Å². The maximum absolute atomic E-state index is 10.6. The fourth-order valence-electron chi connectivity index (χ4n) is 1.48. The number of aldehydes is 1. The quantitative estimate of drug-likeness (QED) is 0.741. The first-order chi connectivity index (χ1) is 8.60. The van der Waals surface area contributed by atoms with Gasteiger partial charge in [0.1, 0.15) is 17.8 Å². The largest absolute Gasteiger partial charge is 0.456 e. The van der Waals surface area contributed by atoms with Gasteiger partial charge in [0.05, 0.1) is 4.47 Å². The number of carbonyl (C=O) groups excluding carboxylic acids is 1. The Morgan fingerprint density at radius 1 is 1.22 bits per heavy atom. The summed E-state index contributed by atoms with van der Waals surface area (Å²) >= 11 is 9.32. The molecule has 0 N–H and O–H groups in total. The van der Waals surface area contributed by atoms with Crippen LogP contribution in [0.3, 0.4) is 0 Å². The van der Waals surface area contributed by atoms with Crippen LogP contribution in [0.15, 0.2) is 40.9 Å². The summed E-state index contributed by atoms with van der Waals surface area (Å²) in [6.07, 6.45) is 0.793. The highest BCUT2D eigenvalue weighted by Crippen LogP contribution is 2.31. The van der Waals surface area contributed by atoms with Gasteiger partial charge in [-0.25, -0.2) is 0 Å². The summed E-state index contributed by atoms with van der Waals surface area (Å²) in [7, 11) is 0. The normalized spacial score (nSPS) is 10.2. The van der Waals surface area contributed by atoms with Crippen LogP contribution in [0.5, 0.6) is 11.5 Å². The number of carbonyl (C=O) groups is 1. The first kappa shape index (κ1) is 13.1. The van der Waals surface area contributed by atoms with E-state index >= 15 is 0 Å². The lowest BCUT2D eigenvalue weighted by Crippen LogP contribution is -1.88. The number of benzene rings is 2. The van der Waals surface area contributed by atoms with Gasteiger partial charge >= 0.3 is 0 Å². The molecule has 0 amide bonds. The lowest BCUT2D eigenvalue weighted by atomic mass is 10.2. The Morgan fingerprint density at radius 3 is 2.61 bits per heavy atom. The number of halogens is 2. The smallest absolute Gasteiger partial charge is 0.150 e. The Labute approximate surface area is 119 Å². The molecule has 0 aromatic heterocycles. The zero-order chi connectivity index (χ0) is 13.1. The number of hydrogen-bond donors (Lipinski definition) is 0. The molecule has 0 unspecified atom stereocenters. The van der Waals surface area contributed by atoms with Crippen molar-refractivity contribution in [1.82, 2.24) is 0 Å². The zero-order valence-electron chi connectivity index (χ0n) is 9.61. The fraction of sp³-hybridized carbons (Fsp3) is 0.0714. The molecule has 2 aromatic rings. The van der Waals surface area contributed by atoms with Gasteiger partial charge in [-0.3, -0.25) is 4.79 Å². The van der Waals surface area contributed by atoms with E-state index in [1.165, 1.54) is 0 Å². The first-order valence-corrected chi connectivity index (χ1v) is 6.46. The molecule has 0 bridgehead atoms. The van der Waals surface area contributed by atoms with Crippen molar-refractivity contribution in [3.8, 4) is 11.5 Å². The topological polar surface area (TPSA) is 26.3 Å². The summed E-state index contributed by atoms with van der Waals surface area (Å²) in [5.41, 5.74) is 1.55.